The van der Waals surface area contributed by atoms with E-state index in [1.54, 1.807) is 21.6 Å². The van der Waals surface area contributed by atoms with Gasteiger partial charge in [-0.2, -0.15) is 0 Å². The minimum Gasteiger partial charge on any atom is -0.312 e. The Kier molecular flexibility index (Phi) is 4.35. The Morgan fingerprint density at radius 3 is 2.81 bits per heavy atom. The lowest BCUT2D eigenvalue weighted by Gasteiger charge is -2.20. The summed E-state index contributed by atoms with van der Waals surface area (Å²) in [6, 6.07) is 13.0. The summed E-state index contributed by atoms with van der Waals surface area (Å²) >= 11 is 0. The lowest BCUT2D eigenvalue weighted by atomic mass is 10.0. The lowest BCUT2D eigenvalue weighted by Crippen LogP contribution is -2.30. The number of fused-ring (bicyclic) bond motifs is 1. The van der Waals surface area contributed by atoms with Crippen LogP contribution in [0.2, 0.25) is 0 Å². The molecule has 7 nitrogen and oxygen atoms in total. The van der Waals surface area contributed by atoms with Crippen LogP contribution in [0.25, 0.3) is 0 Å². The summed E-state index contributed by atoms with van der Waals surface area (Å²) in [5.74, 6) is -0.0280. The molecule has 1 aliphatic rings. The molecule has 2 aromatic heterocycles. The van der Waals surface area contributed by atoms with Crippen molar-refractivity contribution >= 4 is 11.9 Å². The third-order valence-corrected chi connectivity index (χ3v) is 4.53. The molecule has 0 spiro atoms. The van der Waals surface area contributed by atoms with Gasteiger partial charge in [0.1, 0.15) is 6.33 Å². The topological polar surface area (TPSA) is 81.8 Å². The molecule has 132 valence electrons. The van der Waals surface area contributed by atoms with Crippen LogP contribution in [0.3, 0.4) is 0 Å². The molecule has 0 saturated carbocycles. The van der Waals surface area contributed by atoms with E-state index in [0.717, 1.165) is 30.5 Å². The van der Waals surface area contributed by atoms with Crippen molar-refractivity contribution < 1.29 is 4.79 Å². The second-order valence-corrected chi connectivity index (χ2v) is 6.35. The maximum atomic E-state index is 12.6. The van der Waals surface area contributed by atoms with E-state index in [0.29, 0.717) is 18.7 Å². The van der Waals surface area contributed by atoms with Crippen LogP contribution < -0.4 is 10.9 Å². The highest BCUT2D eigenvalue weighted by atomic mass is 16.2. The van der Waals surface area contributed by atoms with Crippen molar-refractivity contribution in [1.29, 1.82) is 0 Å². The number of benzene rings is 1. The number of rotatable bonds is 4. The Balaban J connectivity index is 1.52. The average Bonchev–Trinajstić information content (AvgIpc) is 3.10. The van der Waals surface area contributed by atoms with Crippen molar-refractivity contribution in [2.75, 3.05) is 5.32 Å². The van der Waals surface area contributed by atoms with Crippen molar-refractivity contribution in [3.63, 3.8) is 0 Å². The molecule has 0 saturated heterocycles. The quantitative estimate of drug-likeness (QED) is 0.782. The van der Waals surface area contributed by atoms with Crippen molar-refractivity contribution in [2.24, 2.45) is 0 Å². The molecule has 1 amide bonds. The van der Waals surface area contributed by atoms with Gasteiger partial charge in [0.15, 0.2) is 0 Å². The Hall–Kier alpha value is -3.22. The maximum absolute atomic E-state index is 12.6. The molecule has 0 unspecified atom stereocenters. The molecule has 1 aromatic carbocycles. The van der Waals surface area contributed by atoms with Crippen LogP contribution in [0.4, 0.5) is 5.95 Å². The molecule has 0 aliphatic carbocycles. The second kappa shape index (κ2) is 6.95. The van der Waals surface area contributed by atoms with Gasteiger partial charge in [0.2, 0.25) is 5.95 Å². The van der Waals surface area contributed by atoms with E-state index in [-0.39, 0.29) is 17.4 Å². The number of nitrogens with one attached hydrogen (secondary N) is 1. The van der Waals surface area contributed by atoms with Crippen molar-refractivity contribution in [3.8, 4) is 0 Å². The van der Waals surface area contributed by atoms with Crippen LogP contribution in [-0.4, -0.2) is 25.2 Å². The predicted molar refractivity (Wildman–Crippen MR) is 97.2 cm³/mol. The number of anilines is 1. The number of pyridine rings is 1. The van der Waals surface area contributed by atoms with Gasteiger partial charge in [0.05, 0.1) is 12.1 Å². The van der Waals surface area contributed by atoms with Gasteiger partial charge >= 0.3 is 0 Å². The summed E-state index contributed by atoms with van der Waals surface area (Å²) in [5, 5.41) is 7.04. The van der Waals surface area contributed by atoms with E-state index in [9.17, 15) is 9.59 Å². The number of aromatic nitrogens is 4. The largest absolute Gasteiger partial charge is 0.312 e. The van der Waals surface area contributed by atoms with E-state index in [2.05, 4.69) is 15.4 Å². The molecular formula is C19H19N5O2. The second-order valence-electron chi connectivity index (χ2n) is 6.35. The molecule has 0 radical (unpaired) electrons. The van der Waals surface area contributed by atoms with Gasteiger partial charge < -0.3 is 4.57 Å². The van der Waals surface area contributed by atoms with E-state index in [1.165, 1.54) is 6.07 Å². The third kappa shape index (κ3) is 3.28. The summed E-state index contributed by atoms with van der Waals surface area (Å²) in [4.78, 5) is 28.8. The molecule has 26 heavy (non-hydrogen) atoms. The van der Waals surface area contributed by atoms with Crippen LogP contribution in [-0.2, 0) is 19.5 Å². The number of carbonyl (C=O) groups excluding carboxylic acids is 1. The smallest absolute Gasteiger partial charge is 0.259 e. The van der Waals surface area contributed by atoms with Crippen LogP contribution >= 0.6 is 0 Å². The molecule has 7 heteroatoms. The highest BCUT2D eigenvalue weighted by Crippen LogP contribution is 2.17. The minimum atomic E-state index is -0.284. The zero-order valence-electron chi connectivity index (χ0n) is 14.3. The van der Waals surface area contributed by atoms with Gasteiger partial charge in [-0.25, -0.2) is 9.67 Å². The first-order chi connectivity index (χ1) is 12.7. The molecule has 1 aliphatic heterocycles. The Morgan fingerprint density at radius 2 is 1.96 bits per heavy atom. The fraction of sp³-hybridized carbons (Fsp3) is 0.263. The molecule has 3 aromatic rings. The predicted octanol–water partition coefficient (Wildman–Crippen LogP) is 2.08. The Morgan fingerprint density at radius 1 is 1.12 bits per heavy atom. The number of amides is 1. The average molecular weight is 349 g/mol. The highest BCUT2D eigenvalue weighted by molar-refractivity contribution is 6.04. The molecule has 0 fully saturated rings. The van der Waals surface area contributed by atoms with Gasteiger partial charge in [-0.1, -0.05) is 30.3 Å². The van der Waals surface area contributed by atoms with Gasteiger partial charge in [0.25, 0.3) is 11.5 Å². The summed E-state index contributed by atoms with van der Waals surface area (Å²) in [6.07, 6.45) is 4.26. The fourth-order valence-electron chi connectivity index (χ4n) is 3.27. The lowest BCUT2D eigenvalue weighted by molar-refractivity contribution is 0.102. The van der Waals surface area contributed by atoms with Crippen molar-refractivity contribution in [2.45, 2.75) is 32.4 Å². The highest BCUT2D eigenvalue weighted by Gasteiger charge is 2.19. The Labute approximate surface area is 150 Å². The van der Waals surface area contributed by atoms with Gasteiger partial charge in [0, 0.05) is 18.3 Å². The molecule has 1 N–H and O–H groups in total. The van der Waals surface area contributed by atoms with Crippen LogP contribution in [0.1, 0.15) is 34.5 Å². The summed E-state index contributed by atoms with van der Waals surface area (Å²) < 4.78 is 3.37. The maximum Gasteiger partial charge on any atom is 0.259 e. The van der Waals surface area contributed by atoms with E-state index < -0.39 is 0 Å². The van der Waals surface area contributed by atoms with Crippen LogP contribution in [0.15, 0.2) is 53.6 Å². The standard InChI is InChI=1S/C19H19N5O2/c25-17-10-9-15(16-8-4-5-11-24(16)17)18(26)21-19-20-13-23(22-19)12-14-6-2-1-3-7-14/h1-3,6-7,9-10,13H,4-5,8,11-12H2,(H,21,22,26). The van der Waals surface area contributed by atoms with Crippen LogP contribution in [0.5, 0.6) is 0 Å². The number of carbonyl (C=O) groups is 1. The Bertz CT molecular complexity index is 991. The summed E-state index contributed by atoms with van der Waals surface area (Å²) in [5.41, 5.74) is 2.36. The fourth-order valence-corrected chi connectivity index (χ4v) is 3.27. The first-order valence-corrected chi connectivity index (χ1v) is 8.68. The first kappa shape index (κ1) is 16.3. The molecule has 0 atom stereocenters. The van der Waals surface area contributed by atoms with E-state index in [4.69, 9.17) is 0 Å². The van der Waals surface area contributed by atoms with Crippen molar-refractivity contribution in [3.05, 3.63) is 76.0 Å². The van der Waals surface area contributed by atoms with E-state index in [1.807, 2.05) is 30.3 Å². The first-order valence-electron chi connectivity index (χ1n) is 8.68. The zero-order valence-corrected chi connectivity index (χ0v) is 14.3. The van der Waals surface area contributed by atoms with Gasteiger partial charge in [-0.15, -0.1) is 5.10 Å². The van der Waals surface area contributed by atoms with Gasteiger partial charge in [-0.05, 0) is 30.9 Å². The SMILES string of the molecule is O=C(Nc1ncn(Cc2ccccc2)n1)c1ccc(=O)n2c1CCCC2. The van der Waals surface area contributed by atoms with Gasteiger partial charge in [-0.3, -0.25) is 14.9 Å². The monoisotopic (exact) mass is 349 g/mol. The third-order valence-electron chi connectivity index (χ3n) is 4.53. The summed E-state index contributed by atoms with van der Waals surface area (Å²) in [6.45, 7) is 1.25. The molecule has 0 bridgehead atoms. The van der Waals surface area contributed by atoms with Crippen LogP contribution in [0, 0.1) is 0 Å². The normalized spacial score (nSPS) is 13.2. The summed E-state index contributed by atoms with van der Waals surface area (Å²) in [7, 11) is 0. The number of hydrogen-bond acceptors (Lipinski definition) is 4. The molecular weight excluding hydrogens is 330 g/mol. The van der Waals surface area contributed by atoms with E-state index >= 15 is 0 Å². The van der Waals surface area contributed by atoms with Crippen molar-refractivity contribution in [1.82, 2.24) is 19.3 Å². The minimum absolute atomic E-state index is 0.0542. The zero-order chi connectivity index (χ0) is 17.9. The molecule has 4 rings (SSSR count). The number of hydrogen-bond donors (Lipinski definition) is 1. The molecule has 3 heterocycles. The number of nitrogens with zero attached hydrogens (tertiary/aromatic N) is 4.